The maximum atomic E-state index is 8.61. The Hall–Kier alpha value is -5.55. The van der Waals surface area contributed by atoms with Gasteiger partial charge >= 0.3 is 8.60 Å². The fraction of sp³-hybridized carbons (Fsp3) is 0.505. The molecular formula is C97H126O7P2Si2. The van der Waals surface area contributed by atoms with E-state index in [1.807, 2.05) is 0 Å². The van der Waals surface area contributed by atoms with E-state index in [0.717, 1.165) is 11.5 Å². The van der Waals surface area contributed by atoms with Crippen LogP contribution in [-0.2, 0) is 39.9 Å². The van der Waals surface area contributed by atoms with E-state index in [0.29, 0.717) is 30.1 Å². The predicted molar refractivity (Wildman–Crippen MR) is 458 cm³/mol. The standard InChI is InChI=1S/C97H126O7P2Si2/c1-68-55-57-88(72(5)59-68)105(89-58-56-69(2)60-73(89)6)101-92-86(66-98-107(94(7,8)9,80-47-31-19-32-48-80)81-49-33-20-34-50-81)100-87(67-99-108(95(10,11)12,82-51-35-21-36-52-82)83-53-37-22-38-54-83)93(92)104-106-102-90-74(61-70(3)63-84(90)96(13,76-39-23-15-24-40-76)77-41-25-16-26-42-77)65-75-62-71(4)64-85(91(75)103-106)97(14,78-43-27-17-28-44-78)79-45-29-18-30-46-79/h19-22,31-38,47-64,76-79,86-87,92-93H,15-18,23-30,39-46,65-67H2,1-14H3/t86-,87-,92-,93-/m1/s1. The molecule has 4 aliphatic carbocycles. The zero-order valence-corrected chi connectivity index (χ0v) is 71.7. The molecule has 2 heterocycles. The van der Waals surface area contributed by atoms with Crippen molar-refractivity contribution in [1.29, 1.82) is 0 Å². The molecule has 0 radical (unpaired) electrons. The van der Waals surface area contributed by atoms with Crippen LogP contribution in [0.1, 0.15) is 239 Å². The Morgan fingerprint density at radius 3 is 1.02 bits per heavy atom. The van der Waals surface area contributed by atoms with Gasteiger partial charge in [-0.2, -0.15) is 0 Å². The van der Waals surface area contributed by atoms with Gasteiger partial charge in [0.25, 0.3) is 16.6 Å². The molecule has 4 saturated carbocycles. The molecule has 0 bridgehead atoms. The van der Waals surface area contributed by atoms with E-state index in [1.54, 1.807) is 0 Å². The SMILES string of the molecule is Cc1ccc(P(O[C@H]2[C@H](OP3Oc4c(cc(C)cc4C(C)(C4CCCCC4)C4CCCCC4)Cc4cc(C)cc(C(C)(C5CCCCC5)C5CCCCC5)c4O3)[C@@H](CO[Si](c3ccccc3)(c3ccccc3)C(C)(C)C)O[C@@H]2CO[Si](c2ccccc2)(c2ccccc2)C(C)(C)C)c2ccc(C)cc2C)c(C)c1. The number of ether oxygens (including phenoxy) is 1. The summed E-state index contributed by atoms with van der Waals surface area (Å²) in [7, 11) is -10.4. The quantitative estimate of drug-likeness (QED) is 0.0495. The number of aryl methyl sites for hydroxylation is 6. The molecule has 574 valence electrons. The molecule has 0 unspecified atom stereocenters. The molecule has 5 fully saturated rings. The topological polar surface area (TPSA) is 64.6 Å². The van der Waals surface area contributed by atoms with Crippen LogP contribution in [0.15, 0.2) is 182 Å². The maximum Gasteiger partial charge on any atom is 0.463 e. The van der Waals surface area contributed by atoms with Gasteiger partial charge in [0.1, 0.15) is 35.9 Å². The van der Waals surface area contributed by atoms with Gasteiger partial charge in [-0.25, -0.2) is 0 Å². The molecule has 8 aromatic rings. The molecule has 14 rings (SSSR count). The van der Waals surface area contributed by atoms with Crippen LogP contribution in [0.3, 0.4) is 0 Å². The summed E-state index contributed by atoms with van der Waals surface area (Å²) in [6, 6.07) is 68.4. The summed E-state index contributed by atoms with van der Waals surface area (Å²) < 4.78 is 58.7. The normalized spacial score (nSPS) is 20.9. The lowest BCUT2D eigenvalue weighted by molar-refractivity contribution is -0.0305. The number of hydrogen-bond acceptors (Lipinski definition) is 7. The van der Waals surface area contributed by atoms with Crippen LogP contribution >= 0.6 is 16.8 Å². The Balaban J connectivity index is 1.02. The molecule has 0 aromatic heterocycles. The molecule has 8 aromatic carbocycles. The van der Waals surface area contributed by atoms with Crippen LogP contribution in [-0.4, -0.2) is 54.3 Å². The lowest BCUT2D eigenvalue weighted by Gasteiger charge is -2.49. The van der Waals surface area contributed by atoms with Gasteiger partial charge in [-0.15, -0.1) is 0 Å². The maximum absolute atomic E-state index is 8.61. The lowest BCUT2D eigenvalue weighted by Crippen LogP contribution is -2.67. The molecule has 108 heavy (non-hydrogen) atoms. The molecule has 4 atom stereocenters. The van der Waals surface area contributed by atoms with Gasteiger partial charge in [0.05, 0.1) is 21.4 Å². The summed E-state index contributed by atoms with van der Waals surface area (Å²) in [4.78, 5) is 0. The van der Waals surface area contributed by atoms with Gasteiger partial charge in [0.2, 0.25) is 0 Å². The van der Waals surface area contributed by atoms with Gasteiger partial charge in [-0.1, -0.05) is 337 Å². The second kappa shape index (κ2) is 33.6. The van der Waals surface area contributed by atoms with Gasteiger partial charge in [0.15, 0.2) is 0 Å². The predicted octanol–water partition coefficient (Wildman–Crippen LogP) is 22.7. The highest BCUT2D eigenvalue weighted by Gasteiger charge is 2.58. The number of hydrogen-bond donors (Lipinski definition) is 0. The summed E-state index contributed by atoms with van der Waals surface area (Å²) in [6.45, 7) is 33.7. The van der Waals surface area contributed by atoms with Crippen molar-refractivity contribution in [2.24, 2.45) is 23.7 Å². The van der Waals surface area contributed by atoms with Crippen LogP contribution < -0.4 is 40.4 Å². The summed E-state index contributed by atoms with van der Waals surface area (Å²) >= 11 is 0. The molecule has 2 aliphatic heterocycles. The highest BCUT2D eigenvalue weighted by Crippen LogP contribution is 2.61. The average molecular weight is 1520 g/mol. The zero-order valence-electron chi connectivity index (χ0n) is 68.0. The monoisotopic (exact) mass is 1520 g/mol. The van der Waals surface area contributed by atoms with E-state index in [-0.39, 0.29) is 34.1 Å². The first kappa shape index (κ1) is 79.1. The first-order chi connectivity index (χ1) is 52.0. The third-order valence-corrected chi connectivity index (χ3v) is 40.5. The van der Waals surface area contributed by atoms with E-state index < -0.39 is 57.8 Å². The zero-order chi connectivity index (χ0) is 75.6. The second-order valence-electron chi connectivity index (χ2n) is 36.3. The number of benzene rings is 8. The van der Waals surface area contributed by atoms with Crippen molar-refractivity contribution in [1.82, 2.24) is 0 Å². The Morgan fingerprint density at radius 2 is 0.704 bits per heavy atom. The Morgan fingerprint density at radius 1 is 0.380 bits per heavy atom. The number of fused-ring (bicyclic) bond motifs is 2. The molecule has 0 N–H and O–H groups in total. The minimum atomic E-state index is -3.27. The van der Waals surface area contributed by atoms with E-state index >= 15 is 0 Å². The van der Waals surface area contributed by atoms with Crippen LogP contribution in [0.25, 0.3) is 0 Å². The molecule has 0 amide bonds. The van der Waals surface area contributed by atoms with Crippen LogP contribution in [0.4, 0.5) is 0 Å². The first-order valence-corrected chi connectivity index (χ1v) is 48.1. The third kappa shape index (κ3) is 15.8. The summed E-state index contributed by atoms with van der Waals surface area (Å²) in [5.41, 5.74) is 12.3. The van der Waals surface area contributed by atoms with Crippen LogP contribution in [0.2, 0.25) is 10.1 Å². The molecule has 1 saturated heterocycles. The molecule has 11 heteroatoms. The Kier molecular flexibility index (Phi) is 24.6. The summed E-state index contributed by atoms with van der Waals surface area (Å²) in [5, 5.41) is 6.50. The highest BCUT2D eigenvalue weighted by atomic mass is 31.2. The number of rotatable bonds is 22. The Bertz CT molecular complexity index is 4030. The van der Waals surface area contributed by atoms with Crippen molar-refractivity contribution < 1.29 is 31.7 Å². The fourth-order valence-corrected chi connectivity index (χ4v) is 34.2. The molecular weight excluding hydrogens is 1400 g/mol. The minimum Gasteiger partial charge on any atom is -0.417 e. The van der Waals surface area contributed by atoms with E-state index in [4.69, 9.17) is 31.7 Å². The largest absolute Gasteiger partial charge is 0.463 e. The van der Waals surface area contributed by atoms with Gasteiger partial charge in [0, 0.05) is 39.0 Å². The summed E-state index contributed by atoms with van der Waals surface area (Å²) in [6.07, 6.45) is 23.0. The molecule has 0 spiro atoms. The highest BCUT2D eigenvalue weighted by molar-refractivity contribution is 7.68. The summed E-state index contributed by atoms with van der Waals surface area (Å²) in [5.74, 6) is 4.01. The Labute approximate surface area is 655 Å². The van der Waals surface area contributed by atoms with E-state index in [9.17, 15) is 0 Å². The van der Waals surface area contributed by atoms with Crippen molar-refractivity contribution in [2.45, 2.75) is 277 Å². The third-order valence-electron chi connectivity index (χ3n) is 27.1. The average Bonchev–Trinajstić information content (AvgIpc) is 0.978. The molecule has 6 aliphatic rings. The van der Waals surface area contributed by atoms with E-state index in [2.05, 4.69) is 279 Å². The van der Waals surface area contributed by atoms with Crippen LogP contribution in [0.5, 0.6) is 11.5 Å². The molecule has 7 nitrogen and oxygen atoms in total. The van der Waals surface area contributed by atoms with Crippen molar-refractivity contribution in [3.8, 4) is 11.5 Å². The van der Waals surface area contributed by atoms with Crippen molar-refractivity contribution in [3.63, 3.8) is 0 Å². The smallest absolute Gasteiger partial charge is 0.417 e. The first-order valence-electron chi connectivity index (χ1n) is 41.9. The van der Waals surface area contributed by atoms with Crippen molar-refractivity contribution in [2.75, 3.05) is 13.2 Å². The van der Waals surface area contributed by atoms with E-state index in [1.165, 1.54) is 215 Å². The van der Waals surface area contributed by atoms with Gasteiger partial charge in [-0.3, -0.25) is 4.52 Å². The van der Waals surface area contributed by atoms with Gasteiger partial charge in [-0.05, 0) is 170 Å². The second-order valence-corrected chi connectivity index (χ2v) is 47.7. The lowest BCUT2D eigenvalue weighted by atomic mass is 9.56. The van der Waals surface area contributed by atoms with Crippen molar-refractivity contribution in [3.05, 3.63) is 238 Å². The van der Waals surface area contributed by atoms with Gasteiger partial charge < -0.3 is 27.2 Å². The van der Waals surface area contributed by atoms with Crippen molar-refractivity contribution >= 4 is 64.7 Å². The fourth-order valence-electron chi connectivity index (χ4n) is 21.5. The minimum absolute atomic E-state index is 0.149. The van der Waals surface area contributed by atoms with Crippen LogP contribution in [0, 0.1) is 65.2 Å².